The predicted molar refractivity (Wildman–Crippen MR) is 123 cm³/mol. The van der Waals surface area contributed by atoms with Gasteiger partial charge in [0.05, 0.1) is 0 Å². The van der Waals surface area contributed by atoms with Crippen LogP contribution in [0.25, 0.3) is 0 Å². The number of hydrogen-bond acceptors (Lipinski definition) is 2. The van der Waals surface area contributed by atoms with Crippen molar-refractivity contribution >= 4 is 11.6 Å². The van der Waals surface area contributed by atoms with Gasteiger partial charge in [0.1, 0.15) is 5.78 Å². The van der Waals surface area contributed by atoms with Crippen molar-refractivity contribution in [2.45, 2.75) is 104 Å². The summed E-state index contributed by atoms with van der Waals surface area (Å²) in [6.07, 6.45) is 30.7. The number of unbranched alkanes of at least 4 members (excludes halogenated alkanes) is 10. The molecule has 0 rings (SSSR count). The molecular weight excluding hydrogens is 344 g/mol. The second kappa shape index (κ2) is 21.6. The van der Waals surface area contributed by atoms with Crippen molar-refractivity contribution in [1.82, 2.24) is 0 Å². The Hall–Kier alpha value is -1.70. The first-order valence-electron chi connectivity index (χ1n) is 11.4. The van der Waals surface area contributed by atoms with Crippen molar-refractivity contribution in [3.8, 4) is 0 Å². The summed E-state index contributed by atoms with van der Waals surface area (Å²) in [6.45, 7) is 4.07. The Morgan fingerprint density at radius 1 is 0.643 bits per heavy atom. The standard InChI is InChI=1S/C26H42O2/c1-3-5-6-7-15-19-23-26(28)24-20-17-14-12-10-8-9-11-13-16-18-22-25(27)21-4-2/h4,9,11,13,16,18,21-22H,3,5-8,10,12,14-15,17,19-20,23-24H2,1-2H3/b11-9+,16-13+,21-4+,22-18+. The molecule has 0 spiro atoms. The van der Waals surface area contributed by atoms with E-state index in [1.54, 1.807) is 24.3 Å². The molecule has 0 aliphatic rings. The maximum atomic E-state index is 11.8. The van der Waals surface area contributed by atoms with E-state index in [1.807, 2.05) is 25.2 Å². The molecule has 0 radical (unpaired) electrons. The minimum atomic E-state index is 0.0141. The predicted octanol–water partition coefficient (Wildman–Crippen LogP) is 7.85. The summed E-state index contributed by atoms with van der Waals surface area (Å²) in [5.74, 6) is 0.479. The first-order valence-corrected chi connectivity index (χ1v) is 11.4. The Labute approximate surface area is 173 Å². The average Bonchev–Trinajstić information content (AvgIpc) is 2.68. The van der Waals surface area contributed by atoms with E-state index in [-0.39, 0.29) is 5.78 Å². The third-order valence-electron chi connectivity index (χ3n) is 4.70. The highest BCUT2D eigenvalue weighted by molar-refractivity contribution is 5.99. The summed E-state index contributed by atoms with van der Waals surface area (Å²) in [4.78, 5) is 23.1. The number of carbonyl (C=O) groups excluding carboxylic acids is 2. The molecule has 0 atom stereocenters. The number of Topliss-reactive ketones (excluding diaryl/α,β-unsaturated/α-hetero) is 1. The Morgan fingerprint density at radius 3 is 1.86 bits per heavy atom. The van der Waals surface area contributed by atoms with E-state index in [9.17, 15) is 9.59 Å². The van der Waals surface area contributed by atoms with Crippen molar-refractivity contribution < 1.29 is 9.59 Å². The van der Waals surface area contributed by atoms with Gasteiger partial charge in [0.15, 0.2) is 5.78 Å². The van der Waals surface area contributed by atoms with Crippen LogP contribution in [0, 0.1) is 0 Å². The van der Waals surface area contributed by atoms with Gasteiger partial charge in [-0.3, -0.25) is 9.59 Å². The van der Waals surface area contributed by atoms with Gasteiger partial charge in [0.25, 0.3) is 0 Å². The van der Waals surface area contributed by atoms with Gasteiger partial charge < -0.3 is 0 Å². The summed E-state index contributed by atoms with van der Waals surface area (Å²) >= 11 is 0. The Morgan fingerprint density at radius 2 is 1.21 bits per heavy atom. The third-order valence-corrected chi connectivity index (χ3v) is 4.70. The fourth-order valence-corrected chi connectivity index (χ4v) is 3.02. The fraction of sp³-hybridized carbons (Fsp3) is 0.615. The lowest BCUT2D eigenvalue weighted by Gasteiger charge is -2.02. The van der Waals surface area contributed by atoms with Crippen LogP contribution in [0.4, 0.5) is 0 Å². The van der Waals surface area contributed by atoms with Gasteiger partial charge in [-0.25, -0.2) is 0 Å². The Balaban J connectivity index is 3.42. The van der Waals surface area contributed by atoms with Gasteiger partial charge >= 0.3 is 0 Å². The van der Waals surface area contributed by atoms with Crippen LogP contribution < -0.4 is 0 Å². The zero-order valence-corrected chi connectivity index (χ0v) is 18.3. The lowest BCUT2D eigenvalue weighted by atomic mass is 10.0. The summed E-state index contributed by atoms with van der Waals surface area (Å²) in [5, 5.41) is 0. The molecule has 0 aromatic carbocycles. The van der Waals surface area contributed by atoms with Gasteiger partial charge in [-0.1, -0.05) is 94.7 Å². The van der Waals surface area contributed by atoms with Gasteiger partial charge in [0, 0.05) is 12.8 Å². The van der Waals surface area contributed by atoms with E-state index < -0.39 is 0 Å². The third kappa shape index (κ3) is 20.6. The number of rotatable bonds is 19. The molecule has 0 amide bonds. The van der Waals surface area contributed by atoms with E-state index in [2.05, 4.69) is 13.0 Å². The van der Waals surface area contributed by atoms with Crippen LogP contribution in [0.15, 0.2) is 48.6 Å². The monoisotopic (exact) mass is 386 g/mol. The lowest BCUT2D eigenvalue weighted by Crippen LogP contribution is -1.97. The molecule has 0 aliphatic heterocycles. The van der Waals surface area contributed by atoms with Crippen molar-refractivity contribution in [1.29, 1.82) is 0 Å². The summed E-state index contributed by atoms with van der Waals surface area (Å²) in [7, 11) is 0. The Bertz CT molecular complexity index is 495. The van der Waals surface area contributed by atoms with E-state index in [1.165, 1.54) is 57.8 Å². The van der Waals surface area contributed by atoms with Crippen molar-refractivity contribution in [3.63, 3.8) is 0 Å². The van der Waals surface area contributed by atoms with E-state index in [0.29, 0.717) is 5.78 Å². The molecule has 2 nitrogen and oxygen atoms in total. The second-order valence-electron chi connectivity index (χ2n) is 7.44. The SMILES string of the molecule is C/C=C/C(=O)/C=C/C=C/C=C/CCCCCCCC(=O)CCCCCCCC. The number of carbonyl (C=O) groups is 2. The van der Waals surface area contributed by atoms with Crippen LogP contribution in [-0.4, -0.2) is 11.6 Å². The molecule has 0 unspecified atom stereocenters. The number of allylic oxidation sites excluding steroid dienone is 8. The molecule has 0 aliphatic carbocycles. The zero-order chi connectivity index (χ0) is 20.7. The molecular formula is C26H42O2. The van der Waals surface area contributed by atoms with E-state index >= 15 is 0 Å². The van der Waals surface area contributed by atoms with Gasteiger partial charge in [-0.2, -0.15) is 0 Å². The highest BCUT2D eigenvalue weighted by Gasteiger charge is 2.01. The van der Waals surface area contributed by atoms with Gasteiger partial charge in [0.2, 0.25) is 0 Å². The molecule has 158 valence electrons. The van der Waals surface area contributed by atoms with Crippen LogP contribution in [0.1, 0.15) is 104 Å². The van der Waals surface area contributed by atoms with Crippen LogP contribution in [-0.2, 0) is 9.59 Å². The molecule has 0 N–H and O–H groups in total. The minimum absolute atomic E-state index is 0.0141. The first-order chi connectivity index (χ1) is 13.7. The summed E-state index contributed by atoms with van der Waals surface area (Å²) in [5.41, 5.74) is 0. The fourth-order valence-electron chi connectivity index (χ4n) is 3.02. The first kappa shape index (κ1) is 26.3. The van der Waals surface area contributed by atoms with Crippen LogP contribution >= 0.6 is 0 Å². The molecule has 0 aromatic rings. The molecule has 2 heteroatoms. The lowest BCUT2D eigenvalue weighted by molar-refractivity contribution is -0.119. The topological polar surface area (TPSA) is 34.1 Å². The minimum Gasteiger partial charge on any atom is -0.300 e. The highest BCUT2D eigenvalue weighted by Crippen LogP contribution is 2.11. The number of hydrogen-bond donors (Lipinski definition) is 0. The molecule has 0 saturated heterocycles. The normalized spacial score (nSPS) is 12.2. The molecule has 0 bridgehead atoms. The van der Waals surface area contributed by atoms with Crippen molar-refractivity contribution in [2.75, 3.05) is 0 Å². The van der Waals surface area contributed by atoms with Crippen LogP contribution in [0.5, 0.6) is 0 Å². The smallest absolute Gasteiger partial charge is 0.178 e. The van der Waals surface area contributed by atoms with Crippen LogP contribution in [0.2, 0.25) is 0 Å². The van der Waals surface area contributed by atoms with Gasteiger partial charge in [-0.05, 0) is 44.8 Å². The summed E-state index contributed by atoms with van der Waals surface area (Å²) < 4.78 is 0. The number of ketones is 2. The van der Waals surface area contributed by atoms with Crippen molar-refractivity contribution in [3.05, 3.63) is 48.6 Å². The van der Waals surface area contributed by atoms with E-state index in [4.69, 9.17) is 0 Å². The molecule has 0 fully saturated rings. The zero-order valence-electron chi connectivity index (χ0n) is 18.3. The highest BCUT2D eigenvalue weighted by atomic mass is 16.1. The van der Waals surface area contributed by atoms with E-state index in [0.717, 1.165) is 32.1 Å². The van der Waals surface area contributed by atoms with Gasteiger partial charge in [-0.15, -0.1) is 0 Å². The molecule has 0 heterocycles. The summed E-state index contributed by atoms with van der Waals surface area (Å²) in [6, 6.07) is 0. The van der Waals surface area contributed by atoms with Crippen LogP contribution in [0.3, 0.4) is 0 Å². The average molecular weight is 387 g/mol. The largest absolute Gasteiger partial charge is 0.300 e. The maximum Gasteiger partial charge on any atom is 0.178 e. The van der Waals surface area contributed by atoms with Crippen molar-refractivity contribution in [2.24, 2.45) is 0 Å². The Kier molecular flexibility index (Phi) is 20.3. The molecule has 0 aromatic heterocycles. The molecule has 28 heavy (non-hydrogen) atoms. The quantitative estimate of drug-likeness (QED) is 0.129. The second-order valence-corrected chi connectivity index (χ2v) is 7.44. The molecule has 0 saturated carbocycles. The maximum absolute atomic E-state index is 11.8.